The second-order valence-corrected chi connectivity index (χ2v) is 6.97. The van der Waals surface area contributed by atoms with Crippen LogP contribution < -0.4 is 0 Å². The van der Waals surface area contributed by atoms with Crippen LogP contribution in [0.5, 0.6) is 0 Å². The lowest BCUT2D eigenvalue weighted by Crippen LogP contribution is -2.43. The van der Waals surface area contributed by atoms with Gasteiger partial charge in [-0.15, -0.1) is 11.8 Å². The Hall–Kier alpha value is -2.34. The predicted octanol–water partition coefficient (Wildman–Crippen LogP) is 3.56. The molecule has 2 aromatic rings. The molecule has 6 heteroatoms. The van der Waals surface area contributed by atoms with Gasteiger partial charge in [-0.2, -0.15) is 0 Å². The van der Waals surface area contributed by atoms with E-state index >= 15 is 0 Å². The summed E-state index contributed by atoms with van der Waals surface area (Å²) in [6.07, 6.45) is 0. The third kappa shape index (κ3) is 3.54. The van der Waals surface area contributed by atoms with Gasteiger partial charge >= 0.3 is 5.97 Å². The topological polar surface area (TPSA) is 46.6 Å². The van der Waals surface area contributed by atoms with Crippen LogP contribution in [-0.4, -0.2) is 35.7 Å². The Bertz CT molecular complexity index is 776. The molecule has 0 aromatic heterocycles. The van der Waals surface area contributed by atoms with Crippen molar-refractivity contribution in [1.29, 1.82) is 0 Å². The van der Waals surface area contributed by atoms with E-state index in [1.165, 1.54) is 35.9 Å². The first-order valence-corrected chi connectivity index (χ1v) is 8.90. The van der Waals surface area contributed by atoms with Gasteiger partial charge in [0.25, 0.3) is 5.91 Å². The van der Waals surface area contributed by atoms with Gasteiger partial charge in [0.05, 0.1) is 7.11 Å². The monoisotopic (exact) mass is 359 g/mol. The number of esters is 1. The Morgan fingerprint density at radius 1 is 1.12 bits per heavy atom. The Balaban J connectivity index is 1.97. The minimum Gasteiger partial charge on any atom is -0.467 e. The normalized spacial score (nSPS) is 19.7. The molecule has 1 aliphatic rings. The molecule has 4 nitrogen and oxygen atoms in total. The third-order valence-electron chi connectivity index (χ3n) is 4.16. The van der Waals surface area contributed by atoms with Crippen molar-refractivity contribution in [2.45, 2.75) is 18.3 Å². The number of ether oxygens (including phenoxy) is 1. The molecule has 2 atom stereocenters. The second kappa shape index (κ2) is 7.27. The van der Waals surface area contributed by atoms with E-state index in [0.29, 0.717) is 11.3 Å². The maximum Gasteiger partial charge on any atom is 0.329 e. The van der Waals surface area contributed by atoms with Crippen LogP contribution in [0.3, 0.4) is 0 Å². The van der Waals surface area contributed by atoms with E-state index in [1.54, 1.807) is 24.3 Å². The van der Waals surface area contributed by atoms with E-state index in [-0.39, 0.29) is 17.1 Å². The van der Waals surface area contributed by atoms with E-state index in [4.69, 9.17) is 4.74 Å². The quantitative estimate of drug-likeness (QED) is 0.786. The van der Waals surface area contributed by atoms with Crippen LogP contribution >= 0.6 is 11.8 Å². The highest BCUT2D eigenvalue weighted by atomic mass is 32.2. The van der Waals surface area contributed by atoms with Gasteiger partial charge in [0, 0.05) is 11.3 Å². The molecule has 1 saturated heterocycles. The Labute approximate surface area is 150 Å². The molecule has 0 N–H and O–H groups in total. The molecule has 0 saturated carbocycles. The molecule has 2 unspecified atom stereocenters. The standard InChI is InChI=1S/C19H18FNO3S/c1-12-3-5-13(6-4-12)17(22)21-16(19(23)24-2)11-25-18(21)14-7-9-15(20)10-8-14/h3-10,16,18H,11H2,1-2H3. The number of carbonyl (C=O) groups excluding carboxylic acids is 2. The Kier molecular flexibility index (Phi) is 5.08. The summed E-state index contributed by atoms with van der Waals surface area (Å²) in [5.74, 6) is -0.591. The molecule has 2 aromatic carbocycles. The van der Waals surface area contributed by atoms with Gasteiger partial charge in [0.15, 0.2) is 0 Å². The van der Waals surface area contributed by atoms with Crippen molar-refractivity contribution >= 4 is 23.6 Å². The number of rotatable bonds is 3. The van der Waals surface area contributed by atoms with Gasteiger partial charge in [0.1, 0.15) is 17.2 Å². The predicted molar refractivity (Wildman–Crippen MR) is 94.8 cm³/mol. The summed E-state index contributed by atoms with van der Waals surface area (Å²) in [5, 5.41) is -0.362. The fourth-order valence-electron chi connectivity index (χ4n) is 2.80. The van der Waals surface area contributed by atoms with Crippen molar-refractivity contribution in [3.05, 3.63) is 71.0 Å². The summed E-state index contributed by atoms with van der Waals surface area (Å²) < 4.78 is 18.1. The first-order valence-electron chi connectivity index (χ1n) is 7.85. The van der Waals surface area contributed by atoms with Gasteiger partial charge in [0.2, 0.25) is 0 Å². The lowest BCUT2D eigenvalue weighted by atomic mass is 10.1. The highest BCUT2D eigenvalue weighted by Crippen LogP contribution is 2.42. The van der Waals surface area contributed by atoms with Gasteiger partial charge in [-0.25, -0.2) is 9.18 Å². The minimum atomic E-state index is -0.668. The van der Waals surface area contributed by atoms with E-state index in [2.05, 4.69) is 0 Å². The summed E-state index contributed by atoms with van der Waals surface area (Å²) in [6.45, 7) is 1.94. The fourth-order valence-corrected chi connectivity index (χ4v) is 4.22. The molecule has 1 fully saturated rings. The van der Waals surface area contributed by atoms with Crippen LogP contribution in [0.25, 0.3) is 0 Å². The van der Waals surface area contributed by atoms with Crippen LogP contribution in [-0.2, 0) is 9.53 Å². The zero-order chi connectivity index (χ0) is 18.0. The molecule has 0 spiro atoms. The van der Waals surface area contributed by atoms with Crippen LogP contribution in [0, 0.1) is 12.7 Å². The molecule has 25 heavy (non-hydrogen) atoms. The van der Waals surface area contributed by atoms with E-state index in [1.807, 2.05) is 19.1 Å². The van der Waals surface area contributed by atoms with Crippen molar-refractivity contribution in [2.75, 3.05) is 12.9 Å². The minimum absolute atomic E-state index is 0.241. The van der Waals surface area contributed by atoms with Gasteiger partial charge in [-0.05, 0) is 36.8 Å². The van der Waals surface area contributed by atoms with Gasteiger partial charge < -0.3 is 9.64 Å². The third-order valence-corrected chi connectivity index (χ3v) is 5.49. The van der Waals surface area contributed by atoms with E-state index < -0.39 is 12.0 Å². The van der Waals surface area contributed by atoms with Crippen LogP contribution in [0.1, 0.15) is 26.9 Å². The van der Waals surface area contributed by atoms with Crippen LogP contribution in [0.4, 0.5) is 4.39 Å². The zero-order valence-electron chi connectivity index (χ0n) is 13.9. The number of amides is 1. The SMILES string of the molecule is COC(=O)C1CSC(c2ccc(F)cc2)N1C(=O)c1ccc(C)cc1. The number of benzene rings is 2. The van der Waals surface area contributed by atoms with Crippen LogP contribution in [0.2, 0.25) is 0 Å². The molecule has 130 valence electrons. The molecule has 0 bridgehead atoms. The van der Waals surface area contributed by atoms with Crippen molar-refractivity contribution in [3.8, 4) is 0 Å². The molecule has 0 aliphatic carbocycles. The smallest absolute Gasteiger partial charge is 0.329 e. The summed E-state index contributed by atoms with van der Waals surface area (Å²) in [6, 6.07) is 12.5. The highest BCUT2D eigenvalue weighted by molar-refractivity contribution is 7.99. The largest absolute Gasteiger partial charge is 0.467 e. The lowest BCUT2D eigenvalue weighted by Gasteiger charge is -2.28. The number of thioether (sulfide) groups is 1. The van der Waals surface area contributed by atoms with Crippen molar-refractivity contribution in [1.82, 2.24) is 4.90 Å². The van der Waals surface area contributed by atoms with Crippen molar-refractivity contribution in [2.24, 2.45) is 0 Å². The summed E-state index contributed by atoms with van der Waals surface area (Å²) >= 11 is 1.47. The second-order valence-electron chi connectivity index (χ2n) is 5.85. The molecular weight excluding hydrogens is 341 g/mol. The number of nitrogens with zero attached hydrogens (tertiary/aromatic N) is 1. The number of aryl methyl sites for hydroxylation is 1. The summed E-state index contributed by atoms with van der Waals surface area (Å²) in [4.78, 5) is 26.8. The number of methoxy groups -OCH3 is 1. The Morgan fingerprint density at radius 3 is 2.36 bits per heavy atom. The lowest BCUT2D eigenvalue weighted by molar-refractivity contribution is -0.145. The molecule has 3 rings (SSSR count). The van der Waals surface area contributed by atoms with E-state index in [9.17, 15) is 14.0 Å². The van der Waals surface area contributed by atoms with Crippen molar-refractivity contribution in [3.63, 3.8) is 0 Å². The van der Waals surface area contributed by atoms with E-state index in [0.717, 1.165) is 11.1 Å². The maximum atomic E-state index is 13.2. The first-order chi connectivity index (χ1) is 12.0. The number of hydrogen-bond donors (Lipinski definition) is 0. The molecular formula is C19H18FNO3S. The average Bonchev–Trinajstić information content (AvgIpc) is 3.06. The summed E-state index contributed by atoms with van der Waals surface area (Å²) in [7, 11) is 1.31. The highest BCUT2D eigenvalue weighted by Gasteiger charge is 2.43. The number of hydrogen-bond acceptors (Lipinski definition) is 4. The number of halogens is 1. The molecule has 0 radical (unpaired) electrons. The fraction of sp³-hybridized carbons (Fsp3) is 0.263. The molecule has 1 amide bonds. The summed E-state index contributed by atoms with van der Waals surface area (Å²) in [5.41, 5.74) is 2.33. The average molecular weight is 359 g/mol. The van der Waals surface area contributed by atoms with Gasteiger partial charge in [-0.3, -0.25) is 4.79 Å². The molecule has 1 heterocycles. The zero-order valence-corrected chi connectivity index (χ0v) is 14.8. The Morgan fingerprint density at radius 2 is 1.76 bits per heavy atom. The maximum absolute atomic E-state index is 13.2. The molecule has 1 aliphatic heterocycles. The first kappa shape index (κ1) is 17.5. The van der Waals surface area contributed by atoms with Gasteiger partial charge in [-0.1, -0.05) is 29.8 Å². The number of carbonyl (C=O) groups is 2. The van der Waals surface area contributed by atoms with Crippen LogP contribution in [0.15, 0.2) is 48.5 Å². The van der Waals surface area contributed by atoms with Crippen molar-refractivity contribution < 1.29 is 18.7 Å².